The average molecular weight is 230 g/mol. The summed E-state index contributed by atoms with van der Waals surface area (Å²) >= 11 is 0. The molecule has 0 aromatic carbocycles. The zero-order valence-electron chi connectivity index (χ0n) is 9.85. The Labute approximate surface area is 96.4 Å². The van der Waals surface area contributed by atoms with Gasteiger partial charge in [-0.15, -0.1) is 0 Å². The molecule has 3 unspecified atom stereocenters. The van der Waals surface area contributed by atoms with Crippen LogP contribution in [0.15, 0.2) is 0 Å². The first kappa shape index (κ1) is 12.3. The van der Waals surface area contributed by atoms with Crippen LogP contribution in [-0.2, 0) is 4.74 Å². The van der Waals surface area contributed by atoms with Gasteiger partial charge in [-0.1, -0.05) is 0 Å². The van der Waals surface area contributed by atoms with Crippen molar-refractivity contribution in [2.24, 2.45) is 0 Å². The molecule has 0 radical (unpaired) electrons. The van der Waals surface area contributed by atoms with E-state index in [1.165, 1.54) is 0 Å². The molecule has 0 aromatic heterocycles. The van der Waals surface area contributed by atoms with E-state index in [2.05, 4.69) is 10.2 Å². The molecular weight excluding hydrogens is 208 g/mol. The maximum atomic E-state index is 10.1. The van der Waals surface area contributed by atoms with Crippen LogP contribution in [0.4, 0.5) is 0 Å². The first-order valence-electron chi connectivity index (χ1n) is 6.02. The second-order valence-corrected chi connectivity index (χ2v) is 5.07. The Morgan fingerprint density at radius 2 is 2.38 bits per heavy atom. The van der Waals surface area contributed by atoms with E-state index in [9.17, 15) is 10.2 Å². The SMILES string of the molecule is CC1(O)CCNC(N2CCOCC2CO)C1. The van der Waals surface area contributed by atoms with E-state index in [0.29, 0.717) is 19.6 Å². The third-order valence-corrected chi connectivity index (χ3v) is 3.56. The number of nitrogens with zero attached hydrogens (tertiary/aromatic N) is 1. The van der Waals surface area contributed by atoms with E-state index in [-0.39, 0.29) is 18.8 Å². The number of hydrogen-bond donors (Lipinski definition) is 3. The lowest BCUT2D eigenvalue weighted by atomic mass is 9.91. The Hall–Kier alpha value is -0.200. The monoisotopic (exact) mass is 230 g/mol. The molecule has 0 bridgehead atoms. The van der Waals surface area contributed by atoms with E-state index in [1.54, 1.807) is 0 Å². The lowest BCUT2D eigenvalue weighted by Crippen LogP contribution is -2.61. The summed E-state index contributed by atoms with van der Waals surface area (Å²) in [4.78, 5) is 2.22. The molecule has 0 amide bonds. The molecule has 2 heterocycles. The molecular formula is C11H22N2O3. The van der Waals surface area contributed by atoms with Crippen molar-refractivity contribution in [3.05, 3.63) is 0 Å². The van der Waals surface area contributed by atoms with E-state index >= 15 is 0 Å². The first-order chi connectivity index (χ1) is 7.62. The number of piperidine rings is 1. The molecule has 2 aliphatic heterocycles. The van der Waals surface area contributed by atoms with Gasteiger partial charge in [0.15, 0.2) is 0 Å². The van der Waals surface area contributed by atoms with Crippen LogP contribution in [0.2, 0.25) is 0 Å². The zero-order chi connectivity index (χ0) is 11.6. The van der Waals surface area contributed by atoms with Gasteiger partial charge in [-0.3, -0.25) is 4.90 Å². The molecule has 5 nitrogen and oxygen atoms in total. The normalized spacial score (nSPS) is 42.2. The summed E-state index contributed by atoms with van der Waals surface area (Å²) in [5, 5.41) is 22.8. The number of aliphatic hydroxyl groups excluding tert-OH is 1. The van der Waals surface area contributed by atoms with Gasteiger partial charge in [0.25, 0.3) is 0 Å². The fourth-order valence-corrected chi connectivity index (χ4v) is 2.57. The molecule has 2 rings (SSSR count). The number of ether oxygens (including phenoxy) is 1. The van der Waals surface area contributed by atoms with E-state index in [4.69, 9.17) is 4.74 Å². The standard InChI is InChI=1S/C11H22N2O3/c1-11(15)2-3-12-10(6-11)13-4-5-16-8-9(13)7-14/h9-10,12,14-15H,2-8H2,1H3. The van der Waals surface area contributed by atoms with Crippen molar-refractivity contribution >= 4 is 0 Å². The Kier molecular flexibility index (Phi) is 3.81. The van der Waals surface area contributed by atoms with Crippen molar-refractivity contribution < 1.29 is 14.9 Å². The van der Waals surface area contributed by atoms with Gasteiger partial charge in [0, 0.05) is 13.0 Å². The largest absolute Gasteiger partial charge is 0.395 e. The number of aliphatic hydroxyl groups is 2. The Bertz CT molecular complexity index is 235. The summed E-state index contributed by atoms with van der Waals surface area (Å²) in [6.07, 6.45) is 1.66. The van der Waals surface area contributed by atoms with Crippen LogP contribution >= 0.6 is 0 Å². The molecule has 0 spiro atoms. The van der Waals surface area contributed by atoms with E-state index in [1.807, 2.05) is 6.92 Å². The van der Waals surface area contributed by atoms with Gasteiger partial charge in [-0.05, 0) is 19.9 Å². The lowest BCUT2D eigenvalue weighted by Gasteiger charge is -2.45. The van der Waals surface area contributed by atoms with Gasteiger partial charge < -0.3 is 20.3 Å². The molecule has 3 N–H and O–H groups in total. The van der Waals surface area contributed by atoms with Crippen LogP contribution in [0.3, 0.4) is 0 Å². The minimum absolute atomic E-state index is 0.0557. The maximum absolute atomic E-state index is 10.1. The van der Waals surface area contributed by atoms with Crippen molar-refractivity contribution in [3.63, 3.8) is 0 Å². The van der Waals surface area contributed by atoms with Crippen molar-refractivity contribution in [3.8, 4) is 0 Å². The number of nitrogens with one attached hydrogen (secondary N) is 1. The van der Waals surface area contributed by atoms with Gasteiger partial charge in [0.2, 0.25) is 0 Å². The lowest BCUT2D eigenvalue weighted by molar-refractivity contribution is -0.0867. The van der Waals surface area contributed by atoms with Crippen molar-refractivity contribution in [2.45, 2.75) is 37.6 Å². The maximum Gasteiger partial charge on any atom is 0.0659 e. The summed E-state index contributed by atoms with van der Waals surface area (Å²) in [5.74, 6) is 0. The van der Waals surface area contributed by atoms with Gasteiger partial charge in [0.05, 0.1) is 37.6 Å². The molecule has 5 heteroatoms. The van der Waals surface area contributed by atoms with E-state index in [0.717, 1.165) is 19.5 Å². The van der Waals surface area contributed by atoms with Gasteiger partial charge in [0.1, 0.15) is 0 Å². The highest BCUT2D eigenvalue weighted by Gasteiger charge is 2.36. The minimum atomic E-state index is -0.589. The average Bonchev–Trinajstić information content (AvgIpc) is 2.27. The summed E-state index contributed by atoms with van der Waals surface area (Å²) in [7, 11) is 0. The van der Waals surface area contributed by atoms with E-state index < -0.39 is 5.60 Å². The molecule has 94 valence electrons. The van der Waals surface area contributed by atoms with Crippen molar-refractivity contribution in [1.29, 1.82) is 0 Å². The Morgan fingerprint density at radius 1 is 1.56 bits per heavy atom. The summed E-state index contributed by atoms with van der Waals surface area (Å²) in [6.45, 7) is 4.93. The topological polar surface area (TPSA) is 65.0 Å². The van der Waals surface area contributed by atoms with Crippen LogP contribution in [0.1, 0.15) is 19.8 Å². The minimum Gasteiger partial charge on any atom is -0.395 e. The van der Waals surface area contributed by atoms with Crippen LogP contribution in [0, 0.1) is 0 Å². The fourth-order valence-electron chi connectivity index (χ4n) is 2.57. The Balaban J connectivity index is 1.99. The quantitative estimate of drug-likeness (QED) is 0.576. The fraction of sp³-hybridized carbons (Fsp3) is 1.00. The highest BCUT2D eigenvalue weighted by molar-refractivity contribution is 4.90. The number of morpholine rings is 1. The summed E-state index contributed by atoms with van der Waals surface area (Å²) in [5.41, 5.74) is -0.589. The molecule has 2 saturated heterocycles. The zero-order valence-corrected chi connectivity index (χ0v) is 9.85. The van der Waals surface area contributed by atoms with Crippen LogP contribution < -0.4 is 5.32 Å². The Morgan fingerprint density at radius 3 is 3.06 bits per heavy atom. The molecule has 16 heavy (non-hydrogen) atoms. The second kappa shape index (κ2) is 4.98. The highest BCUT2D eigenvalue weighted by atomic mass is 16.5. The first-order valence-corrected chi connectivity index (χ1v) is 6.02. The summed E-state index contributed by atoms with van der Waals surface area (Å²) in [6, 6.07) is 0.0557. The third-order valence-electron chi connectivity index (χ3n) is 3.56. The molecule has 2 fully saturated rings. The van der Waals surface area contributed by atoms with Gasteiger partial charge in [-0.2, -0.15) is 0 Å². The van der Waals surface area contributed by atoms with Gasteiger partial charge in [-0.25, -0.2) is 0 Å². The predicted octanol–water partition coefficient (Wildman–Crippen LogP) is -0.860. The number of rotatable bonds is 2. The molecule has 0 aromatic rings. The van der Waals surface area contributed by atoms with Gasteiger partial charge >= 0.3 is 0 Å². The summed E-state index contributed by atoms with van der Waals surface area (Å²) < 4.78 is 5.35. The molecule has 0 saturated carbocycles. The third kappa shape index (κ3) is 2.73. The van der Waals surface area contributed by atoms with Crippen LogP contribution in [0.5, 0.6) is 0 Å². The molecule has 2 aliphatic rings. The predicted molar refractivity (Wildman–Crippen MR) is 60.0 cm³/mol. The number of hydrogen-bond acceptors (Lipinski definition) is 5. The molecule has 3 atom stereocenters. The highest BCUT2D eigenvalue weighted by Crippen LogP contribution is 2.24. The van der Waals surface area contributed by atoms with Crippen LogP contribution in [-0.4, -0.2) is 65.8 Å². The second-order valence-electron chi connectivity index (χ2n) is 5.07. The smallest absolute Gasteiger partial charge is 0.0659 e. The molecule has 0 aliphatic carbocycles. The van der Waals surface area contributed by atoms with Crippen molar-refractivity contribution in [2.75, 3.05) is 32.9 Å². The van der Waals surface area contributed by atoms with Crippen molar-refractivity contribution in [1.82, 2.24) is 10.2 Å². The van der Waals surface area contributed by atoms with Crippen LogP contribution in [0.25, 0.3) is 0 Å².